The van der Waals surface area contributed by atoms with Crippen LogP contribution in [-0.4, -0.2) is 19.3 Å². The summed E-state index contributed by atoms with van der Waals surface area (Å²) in [7, 11) is 0. The summed E-state index contributed by atoms with van der Waals surface area (Å²) in [6.45, 7) is 1.83. The Morgan fingerprint density at radius 2 is 2.12 bits per heavy atom. The van der Waals surface area contributed by atoms with Crippen LogP contribution in [0.5, 0.6) is 0 Å². The van der Waals surface area contributed by atoms with E-state index in [-0.39, 0.29) is 0 Å². The first-order chi connectivity index (χ1) is 7.93. The second-order valence-corrected chi connectivity index (χ2v) is 4.87. The van der Waals surface area contributed by atoms with Gasteiger partial charge < -0.3 is 10.1 Å². The van der Waals surface area contributed by atoms with E-state index >= 15 is 0 Å². The zero-order chi connectivity index (χ0) is 10.8. The number of nitrogens with one attached hydrogen (secondary N) is 1. The molecule has 1 aromatic carbocycles. The zero-order valence-electron chi connectivity index (χ0n) is 9.61. The lowest BCUT2D eigenvalue weighted by Gasteiger charge is -2.27. The van der Waals surface area contributed by atoms with E-state index in [4.69, 9.17) is 4.74 Å². The maximum Gasteiger partial charge on any atom is 0.0619 e. The SMILES string of the molecule is c1ccc2c(c1)CCC2NC1CCCOC1. The standard InChI is InChI=1S/C14H19NO/c1-2-6-13-11(4-1)7-8-14(13)15-12-5-3-9-16-10-12/h1-2,4,6,12,14-15H,3,5,7-10H2. The Morgan fingerprint density at radius 1 is 1.19 bits per heavy atom. The molecule has 3 rings (SSSR count). The van der Waals surface area contributed by atoms with Crippen molar-refractivity contribution >= 4 is 0 Å². The summed E-state index contributed by atoms with van der Waals surface area (Å²) in [5.41, 5.74) is 3.03. The monoisotopic (exact) mass is 217 g/mol. The average Bonchev–Trinajstić information content (AvgIpc) is 2.74. The Bertz CT molecular complexity index is 358. The average molecular weight is 217 g/mol. The Hall–Kier alpha value is -0.860. The summed E-state index contributed by atoms with van der Waals surface area (Å²) in [6.07, 6.45) is 4.93. The number of rotatable bonds is 2. The minimum absolute atomic E-state index is 0.558. The van der Waals surface area contributed by atoms with Crippen molar-refractivity contribution in [1.82, 2.24) is 5.32 Å². The van der Waals surface area contributed by atoms with Gasteiger partial charge in [-0.05, 0) is 36.8 Å². The summed E-state index contributed by atoms with van der Waals surface area (Å²) in [5, 5.41) is 3.75. The Balaban J connectivity index is 1.68. The zero-order valence-corrected chi connectivity index (χ0v) is 9.61. The maximum absolute atomic E-state index is 5.52. The van der Waals surface area contributed by atoms with Crippen molar-refractivity contribution in [3.05, 3.63) is 35.4 Å². The lowest BCUT2D eigenvalue weighted by Crippen LogP contribution is -2.38. The second-order valence-electron chi connectivity index (χ2n) is 4.87. The van der Waals surface area contributed by atoms with E-state index in [0.29, 0.717) is 12.1 Å². The van der Waals surface area contributed by atoms with Crippen molar-refractivity contribution in [3.8, 4) is 0 Å². The van der Waals surface area contributed by atoms with Gasteiger partial charge in [0.25, 0.3) is 0 Å². The lowest BCUT2D eigenvalue weighted by atomic mass is 10.1. The molecule has 0 saturated carbocycles. The highest BCUT2D eigenvalue weighted by Gasteiger charge is 2.25. The Kier molecular flexibility index (Phi) is 2.94. The van der Waals surface area contributed by atoms with E-state index in [1.807, 2.05) is 0 Å². The molecule has 0 bridgehead atoms. The molecule has 0 aromatic heterocycles. The number of aryl methyl sites for hydroxylation is 1. The molecule has 2 nitrogen and oxygen atoms in total. The smallest absolute Gasteiger partial charge is 0.0619 e. The van der Waals surface area contributed by atoms with Gasteiger partial charge >= 0.3 is 0 Å². The first-order valence-electron chi connectivity index (χ1n) is 6.35. The van der Waals surface area contributed by atoms with Crippen LogP contribution >= 0.6 is 0 Å². The molecule has 16 heavy (non-hydrogen) atoms. The van der Waals surface area contributed by atoms with Crippen molar-refractivity contribution in [2.24, 2.45) is 0 Å². The largest absolute Gasteiger partial charge is 0.380 e. The van der Waals surface area contributed by atoms with Gasteiger partial charge in [-0.1, -0.05) is 24.3 Å². The molecule has 1 N–H and O–H groups in total. The van der Waals surface area contributed by atoms with Crippen LogP contribution in [0, 0.1) is 0 Å². The molecule has 1 saturated heterocycles. The minimum Gasteiger partial charge on any atom is -0.380 e. The maximum atomic E-state index is 5.52. The van der Waals surface area contributed by atoms with Crippen molar-refractivity contribution in [2.45, 2.75) is 37.8 Å². The molecule has 2 unspecified atom stereocenters. The third-order valence-corrected chi connectivity index (χ3v) is 3.73. The fourth-order valence-corrected chi connectivity index (χ4v) is 2.89. The number of hydrogen-bond donors (Lipinski definition) is 1. The van der Waals surface area contributed by atoms with Gasteiger partial charge in [-0.2, -0.15) is 0 Å². The Morgan fingerprint density at radius 3 is 3.00 bits per heavy atom. The van der Waals surface area contributed by atoms with Gasteiger partial charge in [0, 0.05) is 18.7 Å². The van der Waals surface area contributed by atoms with Crippen LogP contribution in [0.3, 0.4) is 0 Å². The lowest BCUT2D eigenvalue weighted by molar-refractivity contribution is 0.0663. The van der Waals surface area contributed by atoms with Crippen LogP contribution in [0.1, 0.15) is 36.4 Å². The topological polar surface area (TPSA) is 21.3 Å². The number of hydrogen-bond acceptors (Lipinski definition) is 2. The van der Waals surface area contributed by atoms with E-state index in [1.165, 1.54) is 36.8 Å². The highest BCUT2D eigenvalue weighted by atomic mass is 16.5. The molecule has 0 radical (unpaired) electrons. The quantitative estimate of drug-likeness (QED) is 0.821. The first-order valence-corrected chi connectivity index (χ1v) is 6.35. The van der Waals surface area contributed by atoms with E-state index in [0.717, 1.165) is 13.2 Å². The van der Waals surface area contributed by atoms with Crippen molar-refractivity contribution < 1.29 is 4.74 Å². The van der Waals surface area contributed by atoms with E-state index < -0.39 is 0 Å². The van der Waals surface area contributed by atoms with Gasteiger partial charge in [-0.25, -0.2) is 0 Å². The molecular weight excluding hydrogens is 198 g/mol. The Labute approximate surface area is 97.0 Å². The second kappa shape index (κ2) is 4.56. The van der Waals surface area contributed by atoms with Gasteiger partial charge in [0.05, 0.1) is 6.61 Å². The van der Waals surface area contributed by atoms with E-state index in [1.54, 1.807) is 0 Å². The molecule has 1 fully saturated rings. The van der Waals surface area contributed by atoms with Gasteiger partial charge in [0.15, 0.2) is 0 Å². The normalized spacial score (nSPS) is 29.0. The molecule has 2 heteroatoms. The minimum atomic E-state index is 0.558. The first kappa shape index (κ1) is 10.3. The van der Waals surface area contributed by atoms with Crippen molar-refractivity contribution in [2.75, 3.05) is 13.2 Å². The van der Waals surface area contributed by atoms with Crippen LogP contribution in [0.4, 0.5) is 0 Å². The third-order valence-electron chi connectivity index (χ3n) is 3.73. The molecule has 1 aliphatic heterocycles. The molecule has 1 aliphatic carbocycles. The van der Waals surface area contributed by atoms with Crippen LogP contribution in [-0.2, 0) is 11.2 Å². The third kappa shape index (κ3) is 2.00. The number of fused-ring (bicyclic) bond motifs is 1. The van der Waals surface area contributed by atoms with Crippen molar-refractivity contribution in [3.63, 3.8) is 0 Å². The molecule has 86 valence electrons. The van der Waals surface area contributed by atoms with Gasteiger partial charge in [0.1, 0.15) is 0 Å². The van der Waals surface area contributed by atoms with Crippen molar-refractivity contribution in [1.29, 1.82) is 0 Å². The molecule has 2 atom stereocenters. The van der Waals surface area contributed by atoms with Crippen LogP contribution in [0.2, 0.25) is 0 Å². The van der Waals surface area contributed by atoms with Crippen LogP contribution < -0.4 is 5.32 Å². The summed E-state index contributed by atoms with van der Waals surface area (Å²) in [4.78, 5) is 0. The molecule has 1 heterocycles. The fourth-order valence-electron chi connectivity index (χ4n) is 2.89. The molecule has 0 spiro atoms. The van der Waals surface area contributed by atoms with E-state index in [2.05, 4.69) is 29.6 Å². The highest BCUT2D eigenvalue weighted by molar-refractivity contribution is 5.34. The fraction of sp³-hybridized carbons (Fsp3) is 0.571. The summed E-state index contributed by atoms with van der Waals surface area (Å²) >= 11 is 0. The van der Waals surface area contributed by atoms with Gasteiger partial charge in [-0.15, -0.1) is 0 Å². The summed E-state index contributed by atoms with van der Waals surface area (Å²) < 4.78 is 5.52. The van der Waals surface area contributed by atoms with Gasteiger partial charge in [0.2, 0.25) is 0 Å². The molecule has 0 amide bonds. The molecule has 2 aliphatic rings. The van der Waals surface area contributed by atoms with Gasteiger partial charge in [-0.3, -0.25) is 0 Å². The number of benzene rings is 1. The molecular formula is C14H19NO. The molecule has 1 aromatic rings. The predicted molar refractivity (Wildman–Crippen MR) is 64.5 cm³/mol. The van der Waals surface area contributed by atoms with Crippen LogP contribution in [0.25, 0.3) is 0 Å². The highest BCUT2D eigenvalue weighted by Crippen LogP contribution is 2.31. The summed E-state index contributed by atoms with van der Waals surface area (Å²) in [6, 6.07) is 9.94. The summed E-state index contributed by atoms with van der Waals surface area (Å²) in [5.74, 6) is 0. The predicted octanol–water partition coefficient (Wildman–Crippen LogP) is 2.44. The number of ether oxygens (including phenoxy) is 1. The van der Waals surface area contributed by atoms with Crippen LogP contribution in [0.15, 0.2) is 24.3 Å². The van der Waals surface area contributed by atoms with E-state index in [9.17, 15) is 0 Å².